The van der Waals surface area contributed by atoms with Crippen molar-refractivity contribution in [3.8, 4) is 5.88 Å². The van der Waals surface area contributed by atoms with E-state index in [-0.39, 0.29) is 17.9 Å². The summed E-state index contributed by atoms with van der Waals surface area (Å²) in [5, 5.41) is 7.64. The van der Waals surface area contributed by atoms with Gasteiger partial charge in [-0.1, -0.05) is 0 Å². The third-order valence-electron chi connectivity index (χ3n) is 5.97. The van der Waals surface area contributed by atoms with Crippen molar-refractivity contribution >= 4 is 11.7 Å². The van der Waals surface area contributed by atoms with Crippen molar-refractivity contribution in [2.24, 2.45) is 5.92 Å². The molecule has 30 heavy (non-hydrogen) atoms. The van der Waals surface area contributed by atoms with Crippen LogP contribution in [0.3, 0.4) is 0 Å². The van der Waals surface area contributed by atoms with E-state index in [4.69, 9.17) is 4.74 Å². The fourth-order valence-corrected chi connectivity index (χ4v) is 4.49. The van der Waals surface area contributed by atoms with Gasteiger partial charge in [0.15, 0.2) is 0 Å². The molecule has 0 unspecified atom stereocenters. The van der Waals surface area contributed by atoms with E-state index in [1.807, 2.05) is 19.9 Å². The van der Waals surface area contributed by atoms with Crippen LogP contribution in [0.15, 0.2) is 24.4 Å². The zero-order chi connectivity index (χ0) is 21.3. The number of piperidine rings is 1. The Morgan fingerprint density at radius 3 is 2.83 bits per heavy atom. The van der Waals surface area contributed by atoms with Gasteiger partial charge in [0.2, 0.25) is 5.88 Å². The highest BCUT2D eigenvalue weighted by Crippen LogP contribution is 2.37. The Hall–Kier alpha value is -2.71. The number of amides is 1. The molecule has 0 aromatic carbocycles. The normalized spacial score (nSPS) is 22.0. The van der Waals surface area contributed by atoms with Gasteiger partial charge in [0, 0.05) is 31.4 Å². The zero-order valence-corrected chi connectivity index (χ0v) is 17.2. The Morgan fingerprint density at radius 2 is 2.13 bits per heavy atom. The minimum Gasteiger partial charge on any atom is -0.477 e. The molecule has 0 aliphatic carbocycles. The van der Waals surface area contributed by atoms with E-state index in [2.05, 4.69) is 15.4 Å². The Bertz CT molecular complexity index is 895. The number of ether oxygens (including phenoxy) is 1. The summed E-state index contributed by atoms with van der Waals surface area (Å²) < 4.78 is 34.2. The molecule has 0 spiro atoms. The van der Waals surface area contributed by atoms with E-state index in [1.165, 1.54) is 4.68 Å². The third-order valence-corrected chi connectivity index (χ3v) is 5.97. The van der Waals surface area contributed by atoms with Crippen LogP contribution in [-0.2, 0) is 0 Å². The molecule has 0 bridgehead atoms. The lowest BCUT2D eigenvalue weighted by molar-refractivity contribution is 0.0537. The highest BCUT2D eigenvalue weighted by atomic mass is 19.3. The summed E-state index contributed by atoms with van der Waals surface area (Å²) >= 11 is 0. The standard InChI is InChI=1S/C21H27F2N5O2/c1-3-30-20-15(5-4-8-24-20)21(29)27-9-6-14(7-10-27)16-12-17(19(22)23)28-18(25-16)11-13(2)26-28/h4-5,8,11,14,16-17,19,25H,3,6-7,9-10,12H2,1-2H3/t16-,17+/m0/s1. The van der Waals surface area contributed by atoms with Crippen LogP contribution < -0.4 is 10.1 Å². The number of halogens is 2. The molecule has 2 aromatic rings. The number of likely N-dealkylation sites (tertiary alicyclic amines) is 1. The number of fused-ring (bicyclic) bond motifs is 1. The Morgan fingerprint density at radius 1 is 1.37 bits per heavy atom. The van der Waals surface area contributed by atoms with Gasteiger partial charge in [0.05, 0.1) is 12.3 Å². The van der Waals surface area contributed by atoms with Crippen molar-refractivity contribution in [1.29, 1.82) is 0 Å². The van der Waals surface area contributed by atoms with Crippen molar-refractivity contribution in [2.45, 2.75) is 51.6 Å². The van der Waals surface area contributed by atoms with E-state index >= 15 is 0 Å². The first-order valence-electron chi connectivity index (χ1n) is 10.5. The van der Waals surface area contributed by atoms with Crippen LogP contribution in [0.1, 0.15) is 48.3 Å². The number of nitrogens with one attached hydrogen (secondary N) is 1. The van der Waals surface area contributed by atoms with Crippen LogP contribution in [0, 0.1) is 12.8 Å². The largest absolute Gasteiger partial charge is 0.477 e. The molecule has 0 radical (unpaired) electrons. The van der Waals surface area contributed by atoms with Crippen LogP contribution in [0.5, 0.6) is 5.88 Å². The van der Waals surface area contributed by atoms with Gasteiger partial charge >= 0.3 is 0 Å². The fraction of sp³-hybridized carbons (Fsp3) is 0.571. The van der Waals surface area contributed by atoms with Gasteiger partial charge in [-0.2, -0.15) is 5.10 Å². The van der Waals surface area contributed by atoms with Gasteiger partial charge in [-0.3, -0.25) is 4.79 Å². The van der Waals surface area contributed by atoms with Crippen LogP contribution in [0.2, 0.25) is 0 Å². The van der Waals surface area contributed by atoms with Gasteiger partial charge < -0.3 is 15.0 Å². The number of nitrogens with zero attached hydrogens (tertiary/aromatic N) is 4. The van der Waals surface area contributed by atoms with Gasteiger partial charge in [0.25, 0.3) is 12.3 Å². The quantitative estimate of drug-likeness (QED) is 0.803. The maximum Gasteiger partial charge on any atom is 0.260 e. The predicted molar refractivity (Wildman–Crippen MR) is 108 cm³/mol. The first kappa shape index (κ1) is 20.6. The summed E-state index contributed by atoms with van der Waals surface area (Å²) in [6.45, 7) is 5.27. The monoisotopic (exact) mass is 419 g/mol. The number of alkyl halides is 2. The molecular formula is C21H27F2N5O2. The second-order valence-corrected chi connectivity index (χ2v) is 7.92. The summed E-state index contributed by atoms with van der Waals surface area (Å²) in [5.74, 6) is 1.13. The van der Waals surface area contributed by atoms with Crippen molar-refractivity contribution in [1.82, 2.24) is 19.7 Å². The first-order valence-corrected chi connectivity index (χ1v) is 10.5. The maximum atomic E-state index is 13.6. The van der Waals surface area contributed by atoms with Crippen LogP contribution in [0.25, 0.3) is 0 Å². The minimum atomic E-state index is -2.46. The van der Waals surface area contributed by atoms with E-state index in [0.29, 0.717) is 43.4 Å². The molecule has 2 aliphatic rings. The molecule has 7 nitrogen and oxygen atoms in total. The van der Waals surface area contributed by atoms with Crippen LogP contribution in [0.4, 0.5) is 14.6 Å². The average molecular weight is 419 g/mol. The number of anilines is 1. The number of carbonyl (C=O) groups excluding carboxylic acids is 1. The number of carbonyl (C=O) groups is 1. The van der Waals surface area contributed by atoms with Crippen LogP contribution in [-0.4, -0.2) is 57.7 Å². The van der Waals surface area contributed by atoms with Gasteiger partial charge in [0.1, 0.15) is 17.4 Å². The molecule has 4 rings (SSSR count). The van der Waals surface area contributed by atoms with E-state index < -0.39 is 12.5 Å². The smallest absolute Gasteiger partial charge is 0.260 e. The van der Waals surface area contributed by atoms with E-state index in [0.717, 1.165) is 18.5 Å². The summed E-state index contributed by atoms with van der Waals surface area (Å²) in [5.41, 5.74) is 1.19. The molecule has 0 saturated carbocycles. The number of pyridine rings is 1. The molecule has 162 valence electrons. The first-order chi connectivity index (χ1) is 14.5. The Balaban J connectivity index is 1.42. The number of aryl methyl sites for hydroxylation is 1. The second-order valence-electron chi connectivity index (χ2n) is 7.92. The lowest BCUT2D eigenvalue weighted by Crippen LogP contribution is -2.46. The molecule has 2 atom stereocenters. The minimum absolute atomic E-state index is 0.0535. The topological polar surface area (TPSA) is 72.3 Å². The molecule has 2 aliphatic heterocycles. The summed E-state index contributed by atoms with van der Waals surface area (Å²) in [6, 6.07) is 4.30. The molecular weight excluding hydrogens is 392 g/mol. The summed E-state index contributed by atoms with van der Waals surface area (Å²) in [6.07, 6.45) is 1.00. The predicted octanol–water partition coefficient (Wildman–Crippen LogP) is 3.53. The molecule has 1 amide bonds. The molecule has 1 fully saturated rings. The lowest BCUT2D eigenvalue weighted by atomic mass is 9.85. The highest BCUT2D eigenvalue weighted by Gasteiger charge is 2.38. The van der Waals surface area contributed by atoms with Gasteiger partial charge in [-0.25, -0.2) is 18.4 Å². The van der Waals surface area contributed by atoms with Gasteiger partial charge in [-0.05, 0) is 51.2 Å². The highest BCUT2D eigenvalue weighted by molar-refractivity contribution is 5.96. The number of hydrogen-bond donors (Lipinski definition) is 1. The number of rotatable bonds is 5. The van der Waals surface area contributed by atoms with Crippen molar-refractivity contribution in [2.75, 3.05) is 25.0 Å². The van der Waals surface area contributed by atoms with Crippen LogP contribution >= 0.6 is 0 Å². The average Bonchev–Trinajstić information content (AvgIpc) is 3.13. The van der Waals surface area contributed by atoms with E-state index in [1.54, 1.807) is 23.2 Å². The lowest BCUT2D eigenvalue weighted by Gasteiger charge is -2.40. The van der Waals surface area contributed by atoms with Gasteiger partial charge in [-0.15, -0.1) is 0 Å². The zero-order valence-electron chi connectivity index (χ0n) is 17.2. The maximum absolute atomic E-state index is 13.6. The summed E-state index contributed by atoms with van der Waals surface area (Å²) in [7, 11) is 0. The third kappa shape index (κ3) is 3.97. The van der Waals surface area contributed by atoms with Crippen molar-refractivity contribution < 1.29 is 18.3 Å². The van der Waals surface area contributed by atoms with Crippen molar-refractivity contribution in [3.63, 3.8) is 0 Å². The second kappa shape index (κ2) is 8.57. The molecule has 9 heteroatoms. The number of hydrogen-bond acceptors (Lipinski definition) is 5. The number of aromatic nitrogens is 3. The summed E-state index contributed by atoms with van der Waals surface area (Å²) in [4.78, 5) is 18.9. The fourth-order valence-electron chi connectivity index (χ4n) is 4.49. The Labute approximate surface area is 174 Å². The molecule has 2 aromatic heterocycles. The van der Waals surface area contributed by atoms with E-state index in [9.17, 15) is 13.6 Å². The Kier molecular flexibility index (Phi) is 5.87. The molecule has 4 heterocycles. The SMILES string of the molecule is CCOc1ncccc1C(=O)N1CCC([C@@H]2C[C@H](C(F)F)n3nc(C)cc3N2)CC1. The van der Waals surface area contributed by atoms with Crippen molar-refractivity contribution in [3.05, 3.63) is 35.7 Å². The molecule has 1 N–H and O–H groups in total. The molecule has 1 saturated heterocycles.